The number of rotatable bonds is 3. The van der Waals surface area contributed by atoms with Crippen LogP contribution in [0.1, 0.15) is 16.8 Å². The molecule has 0 unspecified atom stereocenters. The maximum absolute atomic E-state index is 12.6. The number of sulfonamides is 1. The molecule has 0 aliphatic carbocycles. The Kier molecular flexibility index (Phi) is 4.81. The summed E-state index contributed by atoms with van der Waals surface area (Å²) < 4.78 is 36.2. The maximum Gasteiger partial charge on any atom is 0.341 e. The molecule has 1 N–H and O–H groups in total. The van der Waals surface area contributed by atoms with Crippen LogP contribution in [0.3, 0.4) is 0 Å². The van der Waals surface area contributed by atoms with Gasteiger partial charge in [-0.2, -0.15) is 4.31 Å². The van der Waals surface area contributed by atoms with E-state index in [1.165, 1.54) is 16.4 Å². The minimum Gasteiger partial charge on any atom is -0.507 e. The van der Waals surface area contributed by atoms with Crippen molar-refractivity contribution in [1.29, 1.82) is 0 Å². The Morgan fingerprint density at radius 2 is 2.10 bits per heavy atom. The Morgan fingerprint density at radius 1 is 1.33 bits per heavy atom. The van der Waals surface area contributed by atoms with Crippen LogP contribution in [0.2, 0.25) is 0 Å². The Bertz CT molecular complexity index is 620. The third kappa shape index (κ3) is 3.34. The van der Waals surface area contributed by atoms with Gasteiger partial charge in [0.2, 0.25) is 10.0 Å². The zero-order chi connectivity index (χ0) is 15.5. The standard InChI is InChI=1S/C13H17NO6S/c1-19-13(16)11-9-10(3-4-12(11)15)21(17,18)14-5-2-7-20-8-6-14/h3-4,9,15H,2,5-8H2,1H3. The molecular formula is C13H17NO6S. The highest BCUT2D eigenvalue weighted by Crippen LogP contribution is 2.24. The van der Waals surface area contributed by atoms with E-state index in [1.54, 1.807) is 0 Å². The summed E-state index contributed by atoms with van der Waals surface area (Å²) in [6.45, 7) is 1.48. The van der Waals surface area contributed by atoms with Crippen LogP contribution in [0.5, 0.6) is 5.75 Å². The molecule has 1 aliphatic rings. The van der Waals surface area contributed by atoms with Crippen molar-refractivity contribution in [3.05, 3.63) is 23.8 Å². The molecule has 0 spiro atoms. The molecule has 1 aromatic rings. The zero-order valence-corrected chi connectivity index (χ0v) is 12.4. The molecule has 0 atom stereocenters. The Morgan fingerprint density at radius 3 is 2.81 bits per heavy atom. The summed E-state index contributed by atoms with van der Waals surface area (Å²) >= 11 is 0. The number of hydrogen-bond donors (Lipinski definition) is 1. The zero-order valence-electron chi connectivity index (χ0n) is 11.6. The molecule has 1 aromatic carbocycles. The number of aromatic hydroxyl groups is 1. The quantitative estimate of drug-likeness (QED) is 0.821. The fraction of sp³-hybridized carbons (Fsp3) is 0.462. The van der Waals surface area contributed by atoms with Crippen molar-refractivity contribution in [2.45, 2.75) is 11.3 Å². The summed E-state index contributed by atoms with van der Waals surface area (Å²) in [7, 11) is -2.57. The normalized spacial score (nSPS) is 17.2. The van der Waals surface area contributed by atoms with Gasteiger partial charge in [0, 0.05) is 19.7 Å². The van der Waals surface area contributed by atoms with Gasteiger partial charge in [-0.15, -0.1) is 0 Å². The summed E-state index contributed by atoms with van der Waals surface area (Å²) in [6.07, 6.45) is 0.612. The fourth-order valence-electron chi connectivity index (χ4n) is 2.06. The Balaban J connectivity index is 2.37. The predicted octanol–water partition coefficient (Wildman–Crippen LogP) is 0.590. The second kappa shape index (κ2) is 6.42. The van der Waals surface area contributed by atoms with E-state index in [-0.39, 0.29) is 22.8 Å². The number of carbonyl (C=O) groups excluding carboxylic acids is 1. The van der Waals surface area contributed by atoms with Crippen LogP contribution in [0.25, 0.3) is 0 Å². The van der Waals surface area contributed by atoms with E-state index in [4.69, 9.17) is 4.74 Å². The van der Waals surface area contributed by atoms with Crippen molar-refractivity contribution < 1.29 is 27.8 Å². The molecule has 1 aliphatic heterocycles. The number of hydrogen-bond acceptors (Lipinski definition) is 6. The number of phenols is 1. The number of carbonyl (C=O) groups is 1. The van der Waals surface area contributed by atoms with E-state index in [1.807, 2.05) is 0 Å². The van der Waals surface area contributed by atoms with Crippen LogP contribution in [-0.4, -0.2) is 57.2 Å². The molecule has 0 saturated carbocycles. The van der Waals surface area contributed by atoms with Gasteiger partial charge in [0.05, 0.1) is 18.6 Å². The average molecular weight is 315 g/mol. The van der Waals surface area contributed by atoms with Gasteiger partial charge in [-0.3, -0.25) is 0 Å². The lowest BCUT2D eigenvalue weighted by atomic mass is 10.2. The van der Waals surface area contributed by atoms with Crippen molar-refractivity contribution >= 4 is 16.0 Å². The first-order valence-corrected chi connectivity index (χ1v) is 7.90. The van der Waals surface area contributed by atoms with Gasteiger partial charge in [-0.1, -0.05) is 0 Å². The van der Waals surface area contributed by atoms with Crippen LogP contribution in [0, 0.1) is 0 Å². The lowest BCUT2D eigenvalue weighted by molar-refractivity contribution is 0.0597. The first-order chi connectivity index (χ1) is 9.96. The van der Waals surface area contributed by atoms with Gasteiger partial charge < -0.3 is 14.6 Å². The van der Waals surface area contributed by atoms with E-state index in [0.29, 0.717) is 26.2 Å². The van der Waals surface area contributed by atoms with Crippen LogP contribution in [0.4, 0.5) is 0 Å². The first-order valence-electron chi connectivity index (χ1n) is 6.46. The fourth-order valence-corrected chi connectivity index (χ4v) is 3.55. The molecule has 8 heteroatoms. The number of methoxy groups -OCH3 is 1. The van der Waals surface area contributed by atoms with Gasteiger partial charge in [0.25, 0.3) is 0 Å². The molecule has 0 amide bonds. The van der Waals surface area contributed by atoms with Crippen molar-refractivity contribution in [3.8, 4) is 5.75 Å². The van der Waals surface area contributed by atoms with E-state index in [2.05, 4.69) is 4.74 Å². The lowest BCUT2D eigenvalue weighted by Gasteiger charge is -2.19. The van der Waals surface area contributed by atoms with Crippen LogP contribution in [0.15, 0.2) is 23.1 Å². The number of nitrogens with zero attached hydrogens (tertiary/aromatic N) is 1. The Labute approximate surface area is 123 Å². The SMILES string of the molecule is COC(=O)c1cc(S(=O)(=O)N2CCCOCC2)ccc1O. The molecule has 1 saturated heterocycles. The maximum atomic E-state index is 12.6. The highest BCUT2D eigenvalue weighted by Gasteiger charge is 2.27. The first kappa shape index (κ1) is 15.7. The molecule has 116 valence electrons. The van der Waals surface area contributed by atoms with Gasteiger partial charge in [0.15, 0.2) is 0 Å². The minimum atomic E-state index is -3.73. The van der Waals surface area contributed by atoms with E-state index in [9.17, 15) is 18.3 Å². The van der Waals surface area contributed by atoms with Crippen LogP contribution in [-0.2, 0) is 19.5 Å². The molecule has 0 bridgehead atoms. The number of phenolic OH excluding ortho intramolecular Hbond substituents is 1. The van der Waals surface area contributed by atoms with Gasteiger partial charge in [-0.25, -0.2) is 13.2 Å². The molecule has 21 heavy (non-hydrogen) atoms. The molecule has 1 heterocycles. The van der Waals surface area contributed by atoms with Crippen molar-refractivity contribution in [2.75, 3.05) is 33.4 Å². The summed E-state index contributed by atoms with van der Waals surface area (Å²) in [5.41, 5.74) is -0.176. The smallest absolute Gasteiger partial charge is 0.341 e. The number of benzene rings is 1. The second-order valence-corrected chi connectivity index (χ2v) is 6.48. The molecule has 7 nitrogen and oxygen atoms in total. The second-order valence-electron chi connectivity index (χ2n) is 4.54. The summed E-state index contributed by atoms with van der Waals surface area (Å²) in [5, 5.41) is 9.63. The largest absolute Gasteiger partial charge is 0.507 e. The van der Waals surface area contributed by atoms with Gasteiger partial charge in [-0.05, 0) is 24.6 Å². The van der Waals surface area contributed by atoms with Gasteiger partial charge in [0.1, 0.15) is 11.3 Å². The predicted molar refractivity (Wildman–Crippen MR) is 73.6 cm³/mol. The highest BCUT2D eigenvalue weighted by molar-refractivity contribution is 7.89. The van der Waals surface area contributed by atoms with E-state index >= 15 is 0 Å². The monoisotopic (exact) mass is 315 g/mol. The third-order valence-corrected chi connectivity index (χ3v) is 5.09. The average Bonchev–Trinajstić information content (AvgIpc) is 2.76. The van der Waals surface area contributed by atoms with Crippen molar-refractivity contribution in [3.63, 3.8) is 0 Å². The number of ether oxygens (including phenoxy) is 2. The minimum absolute atomic E-state index is 0.0531. The Hall–Kier alpha value is -1.64. The lowest BCUT2D eigenvalue weighted by Crippen LogP contribution is -2.33. The molecular weight excluding hydrogens is 298 g/mol. The molecule has 2 rings (SSSR count). The summed E-state index contributed by atoms with van der Waals surface area (Å²) in [5.74, 6) is -1.11. The topological polar surface area (TPSA) is 93.1 Å². The van der Waals surface area contributed by atoms with Crippen LogP contribution < -0.4 is 0 Å². The van der Waals surface area contributed by atoms with Crippen LogP contribution >= 0.6 is 0 Å². The number of esters is 1. The summed E-state index contributed by atoms with van der Waals surface area (Å²) in [6, 6.07) is 3.57. The molecule has 0 aromatic heterocycles. The highest BCUT2D eigenvalue weighted by atomic mass is 32.2. The van der Waals surface area contributed by atoms with E-state index < -0.39 is 16.0 Å². The molecule has 0 radical (unpaired) electrons. The van der Waals surface area contributed by atoms with Gasteiger partial charge >= 0.3 is 5.97 Å². The van der Waals surface area contributed by atoms with E-state index in [0.717, 1.165) is 13.2 Å². The summed E-state index contributed by atoms with van der Waals surface area (Å²) in [4.78, 5) is 11.5. The third-order valence-electron chi connectivity index (χ3n) is 3.19. The van der Waals surface area contributed by atoms with Crippen molar-refractivity contribution in [2.24, 2.45) is 0 Å². The van der Waals surface area contributed by atoms with Crippen molar-refractivity contribution in [1.82, 2.24) is 4.31 Å². The molecule has 1 fully saturated rings.